The number of hydrogen-bond donors (Lipinski definition) is 0. The number of nitrogens with zero attached hydrogens (tertiary/aromatic N) is 2. The smallest absolute Gasteiger partial charge is 0.254 e. The maximum atomic E-state index is 13.5. The zero-order valence-corrected chi connectivity index (χ0v) is 19.2. The molecule has 3 fully saturated rings. The molecular formula is C27H33FN2O3. The van der Waals surface area contributed by atoms with Crippen LogP contribution in [0.2, 0.25) is 0 Å². The molecule has 1 atom stereocenters. The monoisotopic (exact) mass is 452 g/mol. The molecule has 3 aliphatic rings. The molecule has 1 amide bonds. The zero-order chi connectivity index (χ0) is 22.7. The average molecular weight is 453 g/mol. The van der Waals surface area contributed by atoms with Gasteiger partial charge in [-0.15, -0.1) is 0 Å². The minimum absolute atomic E-state index is 0.128. The lowest BCUT2D eigenvalue weighted by Crippen LogP contribution is -2.44. The van der Waals surface area contributed by atoms with Gasteiger partial charge in [0.25, 0.3) is 5.91 Å². The van der Waals surface area contributed by atoms with E-state index in [4.69, 9.17) is 9.47 Å². The van der Waals surface area contributed by atoms with Crippen LogP contribution in [0.1, 0.15) is 40.7 Å². The van der Waals surface area contributed by atoms with Crippen molar-refractivity contribution in [1.29, 1.82) is 0 Å². The summed E-state index contributed by atoms with van der Waals surface area (Å²) < 4.78 is 25.1. The number of hydrogen-bond acceptors (Lipinski definition) is 4. The van der Waals surface area contributed by atoms with Crippen LogP contribution in [0.15, 0.2) is 48.5 Å². The van der Waals surface area contributed by atoms with Gasteiger partial charge in [0.1, 0.15) is 5.82 Å². The first-order chi connectivity index (χ1) is 16.1. The van der Waals surface area contributed by atoms with Crippen LogP contribution in [-0.2, 0) is 22.4 Å². The van der Waals surface area contributed by atoms with Gasteiger partial charge in [0.05, 0.1) is 25.9 Å². The zero-order valence-electron chi connectivity index (χ0n) is 19.2. The Labute approximate surface area is 195 Å². The molecule has 3 heterocycles. The molecule has 176 valence electrons. The molecule has 0 N–H and O–H groups in total. The average Bonchev–Trinajstić information content (AvgIpc) is 3.22. The molecule has 0 saturated carbocycles. The second kappa shape index (κ2) is 9.92. The summed E-state index contributed by atoms with van der Waals surface area (Å²) in [6, 6.07) is 14.8. The third kappa shape index (κ3) is 5.29. The van der Waals surface area contributed by atoms with E-state index in [0.717, 1.165) is 94.9 Å². The highest BCUT2D eigenvalue weighted by atomic mass is 19.1. The highest BCUT2D eigenvalue weighted by Gasteiger charge is 2.43. The number of ether oxygens (including phenoxy) is 2. The predicted octanol–water partition coefficient (Wildman–Crippen LogP) is 3.91. The number of likely N-dealkylation sites (tertiary alicyclic amines) is 1. The predicted molar refractivity (Wildman–Crippen MR) is 125 cm³/mol. The molecule has 3 aliphatic heterocycles. The van der Waals surface area contributed by atoms with Crippen LogP contribution in [0.25, 0.3) is 0 Å². The van der Waals surface area contributed by atoms with Gasteiger partial charge < -0.3 is 14.4 Å². The van der Waals surface area contributed by atoms with E-state index in [1.807, 2.05) is 29.2 Å². The first kappa shape index (κ1) is 22.5. The number of halogens is 1. The fourth-order valence-electron chi connectivity index (χ4n) is 5.52. The van der Waals surface area contributed by atoms with Crippen molar-refractivity contribution in [3.63, 3.8) is 0 Å². The van der Waals surface area contributed by atoms with E-state index in [2.05, 4.69) is 11.0 Å². The maximum absolute atomic E-state index is 13.5. The van der Waals surface area contributed by atoms with Gasteiger partial charge in [-0.2, -0.15) is 0 Å². The van der Waals surface area contributed by atoms with Gasteiger partial charge in [0, 0.05) is 38.3 Å². The third-order valence-corrected chi connectivity index (χ3v) is 7.50. The summed E-state index contributed by atoms with van der Waals surface area (Å²) in [4.78, 5) is 17.8. The number of carbonyl (C=O) groups is 1. The lowest BCUT2D eigenvalue weighted by Gasteiger charge is -2.39. The van der Waals surface area contributed by atoms with E-state index in [0.29, 0.717) is 0 Å². The summed E-state index contributed by atoms with van der Waals surface area (Å²) in [5.74, 6) is -0.0510. The van der Waals surface area contributed by atoms with Gasteiger partial charge in [0.15, 0.2) is 0 Å². The first-order valence-electron chi connectivity index (χ1n) is 12.1. The Morgan fingerprint density at radius 2 is 1.82 bits per heavy atom. The number of benzene rings is 2. The number of carbonyl (C=O) groups excluding carboxylic acids is 1. The van der Waals surface area contributed by atoms with Gasteiger partial charge in [-0.05, 0) is 60.4 Å². The summed E-state index contributed by atoms with van der Waals surface area (Å²) in [7, 11) is 0. The normalized spacial score (nSPS) is 23.2. The van der Waals surface area contributed by atoms with Gasteiger partial charge in [-0.1, -0.05) is 30.3 Å². The number of piperidine rings is 1. The molecule has 0 bridgehead atoms. The molecule has 0 aromatic heterocycles. The maximum Gasteiger partial charge on any atom is 0.254 e. The van der Waals surface area contributed by atoms with Crippen molar-refractivity contribution >= 4 is 5.91 Å². The molecule has 5 rings (SSSR count). The first-order valence-corrected chi connectivity index (χ1v) is 12.1. The van der Waals surface area contributed by atoms with Crippen LogP contribution in [0, 0.1) is 11.2 Å². The molecule has 0 unspecified atom stereocenters. The van der Waals surface area contributed by atoms with E-state index < -0.39 is 0 Å². The molecular weight excluding hydrogens is 419 g/mol. The Balaban J connectivity index is 1.18. The molecule has 6 heteroatoms. The third-order valence-electron chi connectivity index (χ3n) is 7.50. The van der Waals surface area contributed by atoms with E-state index in [1.165, 1.54) is 6.07 Å². The SMILES string of the molecule is O=C(c1ccccc1CN1CCOCC1)N1CCC2(CC1)CO[C@@H](Cc1cccc(F)c1)C2. The molecule has 3 saturated heterocycles. The van der Waals surface area contributed by atoms with Crippen LogP contribution >= 0.6 is 0 Å². The molecule has 0 aliphatic carbocycles. The fourth-order valence-corrected chi connectivity index (χ4v) is 5.52. The lowest BCUT2D eigenvalue weighted by molar-refractivity contribution is 0.0337. The van der Waals surface area contributed by atoms with Gasteiger partial charge >= 0.3 is 0 Å². The van der Waals surface area contributed by atoms with Crippen LogP contribution in [0.3, 0.4) is 0 Å². The second-order valence-corrected chi connectivity index (χ2v) is 9.81. The van der Waals surface area contributed by atoms with E-state index in [1.54, 1.807) is 12.1 Å². The van der Waals surface area contributed by atoms with Crippen molar-refractivity contribution in [1.82, 2.24) is 9.80 Å². The van der Waals surface area contributed by atoms with Crippen molar-refractivity contribution in [3.05, 3.63) is 71.0 Å². The van der Waals surface area contributed by atoms with Crippen LogP contribution in [-0.4, -0.2) is 67.8 Å². The molecule has 5 nitrogen and oxygen atoms in total. The Hall–Kier alpha value is -2.28. The number of morpholine rings is 1. The second-order valence-electron chi connectivity index (χ2n) is 9.81. The van der Waals surface area contributed by atoms with Crippen molar-refractivity contribution in [3.8, 4) is 0 Å². The van der Waals surface area contributed by atoms with Crippen molar-refractivity contribution in [2.75, 3.05) is 46.0 Å². The number of amides is 1. The van der Waals surface area contributed by atoms with Crippen LogP contribution in [0.5, 0.6) is 0 Å². The van der Waals surface area contributed by atoms with E-state index >= 15 is 0 Å². The highest BCUT2D eigenvalue weighted by molar-refractivity contribution is 5.95. The van der Waals surface area contributed by atoms with Crippen molar-refractivity contribution in [2.45, 2.75) is 38.3 Å². The largest absolute Gasteiger partial charge is 0.379 e. The summed E-state index contributed by atoms with van der Waals surface area (Å²) in [5, 5.41) is 0. The summed E-state index contributed by atoms with van der Waals surface area (Å²) in [6.45, 7) is 6.39. The Kier molecular flexibility index (Phi) is 6.76. The standard InChI is InChI=1S/C27H33FN2O3/c28-23-6-3-4-21(16-23)17-24-18-27(20-33-24)8-10-30(11-9-27)26(31)25-7-2-1-5-22(25)19-29-12-14-32-15-13-29/h1-7,16,24H,8-15,17-20H2/t24-/m0/s1. The fraction of sp³-hybridized carbons (Fsp3) is 0.519. The van der Waals surface area contributed by atoms with Crippen LogP contribution < -0.4 is 0 Å². The van der Waals surface area contributed by atoms with E-state index in [-0.39, 0.29) is 23.2 Å². The van der Waals surface area contributed by atoms with Crippen molar-refractivity contribution < 1.29 is 18.7 Å². The number of rotatable bonds is 5. The molecule has 1 spiro atoms. The Bertz CT molecular complexity index is 967. The highest BCUT2D eigenvalue weighted by Crippen LogP contribution is 2.43. The summed E-state index contributed by atoms with van der Waals surface area (Å²) >= 11 is 0. The Morgan fingerprint density at radius 3 is 2.61 bits per heavy atom. The minimum Gasteiger partial charge on any atom is -0.379 e. The molecule has 33 heavy (non-hydrogen) atoms. The van der Waals surface area contributed by atoms with Gasteiger partial charge in [-0.3, -0.25) is 9.69 Å². The van der Waals surface area contributed by atoms with Crippen molar-refractivity contribution in [2.24, 2.45) is 5.41 Å². The molecule has 0 radical (unpaired) electrons. The molecule has 2 aromatic carbocycles. The van der Waals surface area contributed by atoms with Gasteiger partial charge in [-0.25, -0.2) is 4.39 Å². The molecule has 2 aromatic rings. The minimum atomic E-state index is -0.194. The topological polar surface area (TPSA) is 42.0 Å². The van der Waals surface area contributed by atoms with Gasteiger partial charge in [0.2, 0.25) is 0 Å². The summed E-state index contributed by atoms with van der Waals surface area (Å²) in [6.07, 6.45) is 3.79. The van der Waals surface area contributed by atoms with Crippen LogP contribution in [0.4, 0.5) is 4.39 Å². The van der Waals surface area contributed by atoms with E-state index in [9.17, 15) is 9.18 Å². The lowest BCUT2D eigenvalue weighted by atomic mass is 9.76. The summed E-state index contributed by atoms with van der Waals surface area (Å²) in [5.41, 5.74) is 3.06. The quantitative estimate of drug-likeness (QED) is 0.690. The Morgan fingerprint density at radius 1 is 1.03 bits per heavy atom.